The predicted octanol–water partition coefficient (Wildman–Crippen LogP) is 3.06. The van der Waals surface area contributed by atoms with Gasteiger partial charge in [0.2, 0.25) is 10.1 Å². The van der Waals surface area contributed by atoms with Crippen molar-refractivity contribution in [1.82, 2.24) is 14.6 Å². The van der Waals surface area contributed by atoms with E-state index in [2.05, 4.69) is 15.4 Å². The molecule has 2 heterocycles. The van der Waals surface area contributed by atoms with Gasteiger partial charge in [-0.1, -0.05) is 41.7 Å². The first-order valence-electron chi connectivity index (χ1n) is 6.98. The number of rotatable bonds is 3. The predicted molar refractivity (Wildman–Crippen MR) is 88.4 cm³/mol. The molecule has 1 N–H and O–H groups in total. The molecule has 0 radical (unpaired) electrons. The van der Waals surface area contributed by atoms with Crippen molar-refractivity contribution >= 4 is 32.3 Å². The third kappa shape index (κ3) is 2.55. The van der Waals surface area contributed by atoms with Gasteiger partial charge in [-0.15, -0.1) is 5.10 Å². The first kappa shape index (κ1) is 13.8. The van der Waals surface area contributed by atoms with Gasteiger partial charge >= 0.3 is 0 Å². The van der Waals surface area contributed by atoms with Crippen LogP contribution >= 0.6 is 11.3 Å². The van der Waals surface area contributed by atoms with Crippen molar-refractivity contribution in [2.75, 3.05) is 5.32 Å². The van der Waals surface area contributed by atoms with Crippen molar-refractivity contribution < 1.29 is 4.39 Å². The van der Waals surface area contributed by atoms with Gasteiger partial charge in [-0.05, 0) is 17.7 Å². The van der Waals surface area contributed by atoms with Crippen molar-refractivity contribution in [2.24, 2.45) is 0 Å². The molecule has 0 fully saturated rings. The molecule has 0 amide bonds. The Hall–Kier alpha value is -2.80. The molecular formula is C16H11FN4OS. The first-order chi connectivity index (χ1) is 11.2. The molecule has 0 bridgehead atoms. The van der Waals surface area contributed by atoms with E-state index >= 15 is 0 Å². The van der Waals surface area contributed by atoms with Gasteiger partial charge in [-0.2, -0.15) is 4.52 Å². The van der Waals surface area contributed by atoms with Gasteiger partial charge in [0.15, 0.2) is 0 Å². The number of hydrogen-bond donors (Lipinski definition) is 1. The zero-order valence-corrected chi connectivity index (χ0v) is 12.7. The number of nitrogens with zero attached hydrogens (tertiary/aromatic N) is 3. The number of benzene rings is 2. The summed E-state index contributed by atoms with van der Waals surface area (Å²) in [6.07, 6.45) is 0. The number of aromatic nitrogens is 3. The molecule has 4 aromatic rings. The van der Waals surface area contributed by atoms with Gasteiger partial charge in [0.05, 0.1) is 10.9 Å². The lowest BCUT2D eigenvalue weighted by molar-refractivity contribution is 0.629. The van der Waals surface area contributed by atoms with E-state index in [0.29, 0.717) is 27.5 Å². The Balaban J connectivity index is 1.74. The summed E-state index contributed by atoms with van der Waals surface area (Å²) in [7, 11) is 0. The van der Waals surface area contributed by atoms with Crippen LogP contribution in [-0.2, 0) is 6.54 Å². The van der Waals surface area contributed by atoms with Crippen molar-refractivity contribution in [1.29, 1.82) is 0 Å². The molecule has 5 nitrogen and oxygen atoms in total. The molecular weight excluding hydrogens is 315 g/mol. The van der Waals surface area contributed by atoms with Gasteiger partial charge in [0, 0.05) is 12.6 Å². The van der Waals surface area contributed by atoms with Gasteiger partial charge < -0.3 is 5.32 Å². The summed E-state index contributed by atoms with van der Waals surface area (Å²) in [4.78, 5) is 17.2. The maximum Gasteiger partial charge on any atom is 0.283 e. The van der Waals surface area contributed by atoms with E-state index < -0.39 is 5.82 Å². The van der Waals surface area contributed by atoms with E-state index in [1.165, 1.54) is 34.1 Å². The lowest BCUT2D eigenvalue weighted by atomic mass is 10.2. The number of hydrogen-bond acceptors (Lipinski definition) is 5. The molecule has 2 aromatic heterocycles. The van der Waals surface area contributed by atoms with Crippen LogP contribution in [0.5, 0.6) is 0 Å². The molecule has 0 atom stereocenters. The van der Waals surface area contributed by atoms with Crippen LogP contribution in [-0.4, -0.2) is 14.6 Å². The molecule has 114 valence electrons. The second-order valence-corrected chi connectivity index (χ2v) is 5.98. The molecule has 4 rings (SSSR count). The Labute approximate surface area is 134 Å². The van der Waals surface area contributed by atoms with E-state index in [-0.39, 0.29) is 5.56 Å². The molecule has 0 spiro atoms. The molecule has 23 heavy (non-hydrogen) atoms. The van der Waals surface area contributed by atoms with Crippen LogP contribution in [0.3, 0.4) is 0 Å². The van der Waals surface area contributed by atoms with Crippen molar-refractivity contribution in [2.45, 2.75) is 6.54 Å². The second-order valence-electron chi connectivity index (χ2n) is 5.02. The fourth-order valence-electron chi connectivity index (χ4n) is 2.33. The average Bonchev–Trinajstić information content (AvgIpc) is 2.97. The summed E-state index contributed by atoms with van der Waals surface area (Å²) >= 11 is 1.26. The van der Waals surface area contributed by atoms with Gasteiger partial charge in [-0.25, -0.2) is 9.37 Å². The summed E-state index contributed by atoms with van der Waals surface area (Å²) in [5.74, 6) is -0.416. The summed E-state index contributed by atoms with van der Waals surface area (Å²) in [6, 6.07) is 13.8. The van der Waals surface area contributed by atoms with Crippen LogP contribution in [0.2, 0.25) is 0 Å². The van der Waals surface area contributed by atoms with Crippen LogP contribution in [0.25, 0.3) is 15.9 Å². The smallest absolute Gasteiger partial charge is 0.283 e. The minimum absolute atomic E-state index is 0.297. The van der Waals surface area contributed by atoms with Gasteiger partial charge in [0.1, 0.15) is 5.82 Å². The third-order valence-electron chi connectivity index (χ3n) is 3.45. The highest BCUT2D eigenvalue weighted by atomic mass is 32.1. The maximum atomic E-state index is 13.3. The fourth-order valence-corrected chi connectivity index (χ4v) is 3.12. The Morgan fingerprint density at radius 2 is 2.00 bits per heavy atom. The highest BCUT2D eigenvalue weighted by molar-refractivity contribution is 7.20. The SMILES string of the molecule is O=c1c2ccc(F)cc2nc2sc(NCc3ccccc3)nn12. The zero-order valence-electron chi connectivity index (χ0n) is 11.9. The Morgan fingerprint density at radius 1 is 1.17 bits per heavy atom. The minimum atomic E-state index is -0.416. The normalized spacial score (nSPS) is 11.2. The second kappa shape index (κ2) is 5.44. The molecule has 0 unspecified atom stereocenters. The Bertz CT molecular complexity index is 1060. The number of fused-ring (bicyclic) bond motifs is 2. The van der Waals surface area contributed by atoms with Crippen LogP contribution in [0, 0.1) is 5.82 Å². The molecule has 0 saturated carbocycles. The van der Waals surface area contributed by atoms with Gasteiger partial charge in [-0.3, -0.25) is 4.79 Å². The van der Waals surface area contributed by atoms with Crippen LogP contribution in [0.15, 0.2) is 53.3 Å². The zero-order chi connectivity index (χ0) is 15.8. The van der Waals surface area contributed by atoms with E-state index in [1.54, 1.807) is 0 Å². The quantitative estimate of drug-likeness (QED) is 0.629. The van der Waals surface area contributed by atoms with E-state index in [4.69, 9.17) is 0 Å². The van der Waals surface area contributed by atoms with E-state index in [0.717, 1.165) is 5.56 Å². The van der Waals surface area contributed by atoms with Crippen LogP contribution < -0.4 is 10.9 Å². The lowest BCUT2D eigenvalue weighted by Gasteiger charge is -2.00. The largest absolute Gasteiger partial charge is 0.356 e. The first-order valence-corrected chi connectivity index (χ1v) is 7.79. The van der Waals surface area contributed by atoms with Crippen molar-refractivity contribution in [3.8, 4) is 0 Å². The summed E-state index contributed by atoms with van der Waals surface area (Å²) in [6.45, 7) is 0.601. The third-order valence-corrected chi connectivity index (χ3v) is 4.31. The molecule has 0 aliphatic carbocycles. The highest BCUT2D eigenvalue weighted by Gasteiger charge is 2.11. The maximum absolute atomic E-state index is 13.3. The summed E-state index contributed by atoms with van der Waals surface area (Å²) in [5, 5.41) is 8.37. The van der Waals surface area contributed by atoms with Crippen molar-refractivity contribution in [3.05, 3.63) is 70.3 Å². The molecule has 0 aliphatic rings. The van der Waals surface area contributed by atoms with Crippen molar-refractivity contribution in [3.63, 3.8) is 0 Å². The molecule has 0 saturated heterocycles. The topological polar surface area (TPSA) is 59.3 Å². The number of anilines is 1. The van der Waals surface area contributed by atoms with Crippen LogP contribution in [0.4, 0.5) is 9.52 Å². The molecule has 0 aliphatic heterocycles. The lowest BCUT2D eigenvalue weighted by Crippen LogP contribution is -2.15. The standard InChI is InChI=1S/C16H11FN4OS/c17-11-6-7-12-13(8-11)19-16-21(14(12)22)20-15(23-16)18-9-10-4-2-1-3-5-10/h1-8H,9H2,(H,18,20). The molecule has 7 heteroatoms. The van der Waals surface area contributed by atoms with E-state index in [9.17, 15) is 9.18 Å². The Morgan fingerprint density at radius 3 is 2.83 bits per heavy atom. The number of nitrogens with one attached hydrogen (secondary N) is 1. The summed E-state index contributed by atoms with van der Waals surface area (Å²) < 4.78 is 14.6. The summed E-state index contributed by atoms with van der Waals surface area (Å²) in [5.41, 5.74) is 1.15. The highest BCUT2D eigenvalue weighted by Crippen LogP contribution is 2.20. The monoisotopic (exact) mass is 326 g/mol. The minimum Gasteiger partial charge on any atom is -0.356 e. The number of halogens is 1. The Kier molecular flexibility index (Phi) is 3.27. The average molecular weight is 326 g/mol. The molecule has 2 aromatic carbocycles. The van der Waals surface area contributed by atoms with Gasteiger partial charge in [0.25, 0.3) is 5.56 Å². The van der Waals surface area contributed by atoms with E-state index in [1.807, 2.05) is 30.3 Å². The fraction of sp³-hybridized carbons (Fsp3) is 0.0625. The van der Waals surface area contributed by atoms with Crippen LogP contribution in [0.1, 0.15) is 5.56 Å².